The minimum Gasteiger partial charge on any atom is -0.383 e. The highest BCUT2D eigenvalue weighted by Gasteiger charge is 2.20. The molecule has 0 aliphatic rings. The second-order valence-corrected chi connectivity index (χ2v) is 6.79. The third-order valence-corrected chi connectivity index (χ3v) is 4.91. The summed E-state index contributed by atoms with van der Waals surface area (Å²) in [6.07, 6.45) is 2.03. The van der Waals surface area contributed by atoms with Gasteiger partial charge in [0.25, 0.3) is 0 Å². The maximum atomic E-state index is 12.2. The van der Waals surface area contributed by atoms with Crippen molar-refractivity contribution >= 4 is 34.8 Å². The lowest BCUT2D eigenvalue weighted by molar-refractivity contribution is 0.218. The second kappa shape index (κ2) is 7.63. The molecule has 25 heavy (non-hydrogen) atoms. The number of rotatable bonds is 4. The molecule has 6 heteroatoms. The molecular weight excluding hydrogens is 381 g/mol. The van der Waals surface area contributed by atoms with Crippen molar-refractivity contribution in [2.24, 2.45) is 0 Å². The van der Waals surface area contributed by atoms with E-state index < -0.39 is 6.10 Å². The summed E-state index contributed by atoms with van der Waals surface area (Å²) in [5.41, 5.74) is 1.13. The molecule has 0 aliphatic carbocycles. The van der Waals surface area contributed by atoms with Crippen LogP contribution in [0.3, 0.4) is 0 Å². The van der Waals surface area contributed by atoms with E-state index in [1.165, 1.54) is 6.07 Å². The average Bonchev–Trinajstić information content (AvgIpc) is 2.58. The van der Waals surface area contributed by atoms with E-state index in [4.69, 9.17) is 34.8 Å². The van der Waals surface area contributed by atoms with E-state index in [1.54, 1.807) is 41.2 Å². The van der Waals surface area contributed by atoms with Gasteiger partial charge in [-0.3, -0.25) is 4.79 Å². The Morgan fingerprint density at radius 3 is 2.24 bits per heavy atom. The summed E-state index contributed by atoms with van der Waals surface area (Å²) in [5, 5.41) is 11.9. The zero-order chi connectivity index (χ0) is 18.0. The third kappa shape index (κ3) is 3.91. The molecule has 0 saturated heterocycles. The molecule has 3 nitrogen and oxygen atoms in total. The summed E-state index contributed by atoms with van der Waals surface area (Å²) in [7, 11) is 0. The van der Waals surface area contributed by atoms with E-state index in [-0.39, 0.29) is 11.0 Å². The summed E-state index contributed by atoms with van der Waals surface area (Å²) in [6.45, 7) is 0.468. The average molecular weight is 395 g/mol. The van der Waals surface area contributed by atoms with Gasteiger partial charge in [-0.1, -0.05) is 59.1 Å². The van der Waals surface area contributed by atoms with Crippen LogP contribution in [0.5, 0.6) is 0 Å². The topological polar surface area (TPSA) is 42.2 Å². The summed E-state index contributed by atoms with van der Waals surface area (Å²) < 4.78 is 1.78. The van der Waals surface area contributed by atoms with Crippen LogP contribution in [0.2, 0.25) is 15.1 Å². The molecule has 1 atom stereocenters. The summed E-state index contributed by atoms with van der Waals surface area (Å²) in [5.74, 6) is 0. The van der Waals surface area contributed by atoms with Crippen molar-refractivity contribution in [3.05, 3.63) is 103 Å². The molecule has 128 valence electrons. The Balaban J connectivity index is 2.00. The van der Waals surface area contributed by atoms with Gasteiger partial charge in [-0.25, -0.2) is 0 Å². The Bertz CT molecular complexity index is 949. The predicted octanol–water partition coefficient (Wildman–Crippen LogP) is 4.94. The van der Waals surface area contributed by atoms with Gasteiger partial charge in [-0.15, -0.1) is 0 Å². The first-order valence-electron chi connectivity index (χ1n) is 7.52. The lowest BCUT2D eigenvalue weighted by atomic mass is 10.0. The quantitative estimate of drug-likeness (QED) is 0.681. The molecule has 0 aliphatic heterocycles. The Kier molecular flexibility index (Phi) is 5.50. The molecule has 1 unspecified atom stereocenters. The van der Waals surface area contributed by atoms with Crippen LogP contribution in [-0.4, -0.2) is 9.67 Å². The lowest BCUT2D eigenvalue weighted by Crippen LogP contribution is -2.17. The molecular formula is C19H14Cl3NO2. The highest BCUT2D eigenvalue weighted by atomic mass is 35.5. The van der Waals surface area contributed by atoms with Gasteiger partial charge < -0.3 is 9.67 Å². The fourth-order valence-corrected chi connectivity index (χ4v) is 3.40. The van der Waals surface area contributed by atoms with Crippen LogP contribution in [-0.2, 0) is 6.54 Å². The summed E-state index contributed by atoms with van der Waals surface area (Å²) >= 11 is 18.5. The van der Waals surface area contributed by atoms with Gasteiger partial charge in [-0.2, -0.15) is 0 Å². The Morgan fingerprint density at radius 1 is 0.920 bits per heavy atom. The molecule has 3 rings (SSSR count). The molecule has 0 radical (unpaired) electrons. The van der Waals surface area contributed by atoms with Crippen molar-refractivity contribution in [1.29, 1.82) is 0 Å². The number of aliphatic hydroxyl groups is 1. The fraction of sp³-hybridized carbons (Fsp3) is 0.105. The highest BCUT2D eigenvalue weighted by Crippen LogP contribution is 2.32. The van der Waals surface area contributed by atoms with E-state index in [9.17, 15) is 9.90 Å². The Morgan fingerprint density at radius 2 is 1.56 bits per heavy atom. The first kappa shape index (κ1) is 18.0. The van der Waals surface area contributed by atoms with Crippen LogP contribution >= 0.6 is 34.8 Å². The molecule has 0 bridgehead atoms. The van der Waals surface area contributed by atoms with Crippen molar-refractivity contribution in [3.8, 4) is 0 Å². The van der Waals surface area contributed by atoms with Crippen LogP contribution in [0.15, 0.2) is 65.7 Å². The predicted molar refractivity (Wildman–Crippen MR) is 102 cm³/mol. The molecule has 0 spiro atoms. The van der Waals surface area contributed by atoms with Crippen molar-refractivity contribution in [2.75, 3.05) is 0 Å². The van der Waals surface area contributed by atoms with Gasteiger partial charge >= 0.3 is 0 Å². The van der Waals surface area contributed by atoms with E-state index in [0.717, 1.165) is 5.56 Å². The lowest BCUT2D eigenvalue weighted by Gasteiger charge is -2.16. The van der Waals surface area contributed by atoms with Crippen molar-refractivity contribution in [2.45, 2.75) is 12.6 Å². The molecule has 0 amide bonds. The number of pyridine rings is 1. The number of hydrogen-bond acceptors (Lipinski definition) is 2. The van der Waals surface area contributed by atoms with Gasteiger partial charge in [0.1, 0.15) is 6.10 Å². The monoisotopic (exact) mass is 393 g/mol. The van der Waals surface area contributed by atoms with E-state index in [1.807, 2.05) is 18.2 Å². The maximum absolute atomic E-state index is 12.2. The third-order valence-electron chi connectivity index (χ3n) is 3.89. The first-order valence-corrected chi connectivity index (χ1v) is 8.66. The van der Waals surface area contributed by atoms with Crippen molar-refractivity contribution < 1.29 is 5.11 Å². The highest BCUT2D eigenvalue weighted by molar-refractivity contribution is 6.36. The molecule has 1 heterocycles. The number of aromatic nitrogens is 1. The number of benzene rings is 2. The van der Waals surface area contributed by atoms with E-state index in [0.29, 0.717) is 27.2 Å². The minimum absolute atomic E-state index is 0.199. The zero-order valence-electron chi connectivity index (χ0n) is 13.0. The van der Waals surface area contributed by atoms with Crippen LogP contribution in [0.25, 0.3) is 0 Å². The molecule has 3 aromatic rings. The Hall–Kier alpha value is -1.78. The van der Waals surface area contributed by atoms with Crippen LogP contribution in [0, 0.1) is 0 Å². The van der Waals surface area contributed by atoms with Crippen LogP contribution < -0.4 is 5.43 Å². The second-order valence-electron chi connectivity index (χ2n) is 5.57. The number of halogens is 3. The van der Waals surface area contributed by atoms with E-state index in [2.05, 4.69) is 0 Å². The summed E-state index contributed by atoms with van der Waals surface area (Å²) in [6, 6.07) is 13.8. The van der Waals surface area contributed by atoms with Crippen LogP contribution in [0.4, 0.5) is 0 Å². The SMILES string of the molecule is O=c1ccn(Cc2ccccc2Cl)cc1C(O)c1c(Cl)cccc1Cl. The molecule has 1 aromatic heterocycles. The standard InChI is InChI=1S/C19H14Cl3NO2/c20-14-5-2-1-4-12(14)10-23-9-8-17(24)13(11-23)19(25)18-15(21)6-3-7-16(18)22/h1-9,11,19,25H,10H2. The van der Waals surface area contributed by atoms with Gasteiger partial charge in [0, 0.05) is 51.2 Å². The zero-order valence-corrected chi connectivity index (χ0v) is 15.3. The molecule has 2 aromatic carbocycles. The molecule has 0 fully saturated rings. The van der Waals surface area contributed by atoms with Crippen molar-refractivity contribution in [3.63, 3.8) is 0 Å². The van der Waals surface area contributed by atoms with Gasteiger partial charge in [-0.05, 0) is 23.8 Å². The summed E-state index contributed by atoms with van der Waals surface area (Å²) in [4.78, 5) is 12.2. The molecule has 1 N–H and O–H groups in total. The molecule has 0 saturated carbocycles. The maximum Gasteiger partial charge on any atom is 0.187 e. The van der Waals surface area contributed by atoms with Crippen molar-refractivity contribution in [1.82, 2.24) is 4.57 Å². The van der Waals surface area contributed by atoms with Gasteiger partial charge in [0.15, 0.2) is 5.43 Å². The van der Waals surface area contributed by atoms with Gasteiger partial charge in [0.05, 0.1) is 0 Å². The minimum atomic E-state index is -1.22. The fourth-order valence-electron chi connectivity index (χ4n) is 2.60. The normalized spacial score (nSPS) is 12.2. The first-order chi connectivity index (χ1) is 12.0. The van der Waals surface area contributed by atoms with Crippen LogP contribution in [0.1, 0.15) is 22.8 Å². The number of hydrogen-bond donors (Lipinski definition) is 1. The number of nitrogens with zero attached hydrogens (tertiary/aromatic N) is 1. The van der Waals surface area contributed by atoms with E-state index >= 15 is 0 Å². The Labute approximate surface area is 160 Å². The largest absolute Gasteiger partial charge is 0.383 e. The smallest absolute Gasteiger partial charge is 0.187 e. The number of aliphatic hydroxyl groups excluding tert-OH is 1. The van der Waals surface area contributed by atoms with Gasteiger partial charge in [0.2, 0.25) is 0 Å².